The Balaban J connectivity index is 1.59. The molecule has 0 radical (unpaired) electrons. The number of guanidine groups is 1. The van der Waals surface area contributed by atoms with Gasteiger partial charge in [0.2, 0.25) is 0 Å². The summed E-state index contributed by atoms with van der Waals surface area (Å²) >= 11 is 0. The maximum atomic E-state index is 12.7. The van der Waals surface area contributed by atoms with Crippen molar-refractivity contribution in [3.05, 3.63) is 24.3 Å². The number of halogens is 2. The highest BCUT2D eigenvalue weighted by molar-refractivity contribution is 5.80. The maximum absolute atomic E-state index is 12.7. The van der Waals surface area contributed by atoms with Crippen molar-refractivity contribution >= 4 is 11.6 Å². The highest BCUT2D eigenvalue weighted by Crippen LogP contribution is 2.31. The van der Waals surface area contributed by atoms with E-state index >= 15 is 0 Å². The Morgan fingerprint density at radius 3 is 2.82 bits per heavy atom. The highest BCUT2D eigenvalue weighted by Gasteiger charge is 2.26. The summed E-state index contributed by atoms with van der Waals surface area (Å²) in [7, 11) is 2.15. The lowest BCUT2D eigenvalue weighted by Crippen LogP contribution is -2.45. The van der Waals surface area contributed by atoms with Crippen LogP contribution in [0.4, 0.5) is 14.5 Å². The first-order chi connectivity index (χ1) is 13.6. The van der Waals surface area contributed by atoms with E-state index in [4.69, 9.17) is 4.99 Å². The van der Waals surface area contributed by atoms with Crippen LogP contribution in [0.1, 0.15) is 26.2 Å². The van der Waals surface area contributed by atoms with Gasteiger partial charge in [0.05, 0.1) is 12.2 Å². The number of nitrogens with one attached hydrogen (secondary N) is 2. The summed E-state index contributed by atoms with van der Waals surface area (Å²) < 4.78 is 30.0. The quantitative estimate of drug-likeness (QED) is 0.549. The van der Waals surface area contributed by atoms with Gasteiger partial charge in [-0.1, -0.05) is 12.1 Å². The van der Waals surface area contributed by atoms with E-state index in [0.717, 1.165) is 45.1 Å². The van der Waals surface area contributed by atoms with E-state index in [2.05, 4.69) is 39.1 Å². The molecule has 0 aromatic heterocycles. The van der Waals surface area contributed by atoms with Gasteiger partial charge in [-0.25, -0.2) is 0 Å². The van der Waals surface area contributed by atoms with Crippen molar-refractivity contribution in [1.82, 2.24) is 15.5 Å². The molecule has 156 valence electrons. The van der Waals surface area contributed by atoms with Gasteiger partial charge in [-0.3, -0.25) is 4.99 Å². The molecule has 1 aromatic carbocycles. The van der Waals surface area contributed by atoms with Crippen molar-refractivity contribution in [1.29, 1.82) is 0 Å². The van der Waals surface area contributed by atoms with Crippen LogP contribution in [0.15, 0.2) is 29.3 Å². The first-order valence-electron chi connectivity index (χ1n) is 10.1. The smallest absolute Gasteiger partial charge is 0.387 e. The van der Waals surface area contributed by atoms with Gasteiger partial charge in [-0.05, 0) is 51.9 Å². The SMILES string of the molecule is CCNC(=NCC1CCCN1C)NC1CCN(c2ccccc2OC(F)F)C1. The first kappa shape index (κ1) is 20.6. The lowest BCUT2D eigenvalue weighted by molar-refractivity contribution is -0.0495. The molecule has 2 unspecified atom stereocenters. The largest absolute Gasteiger partial charge is 0.433 e. The predicted octanol–water partition coefficient (Wildman–Crippen LogP) is 2.52. The van der Waals surface area contributed by atoms with Gasteiger partial charge in [0.1, 0.15) is 5.75 Å². The van der Waals surface area contributed by atoms with Gasteiger partial charge in [0.25, 0.3) is 0 Å². The van der Waals surface area contributed by atoms with Gasteiger partial charge >= 0.3 is 6.61 Å². The molecule has 2 aliphatic rings. The zero-order valence-electron chi connectivity index (χ0n) is 16.7. The van der Waals surface area contributed by atoms with Crippen LogP contribution in [-0.2, 0) is 0 Å². The minimum absolute atomic E-state index is 0.207. The Hall–Kier alpha value is -2.09. The summed E-state index contributed by atoms with van der Waals surface area (Å²) in [5.74, 6) is 1.05. The molecule has 28 heavy (non-hydrogen) atoms. The first-order valence-corrected chi connectivity index (χ1v) is 10.1. The average Bonchev–Trinajstić information content (AvgIpc) is 3.29. The standard InChI is InChI=1S/C20H31F2N5O/c1-3-23-20(24-13-16-7-6-11-26(16)2)25-15-10-12-27(14-15)17-8-4-5-9-18(17)28-19(21)22/h4-5,8-9,15-16,19H,3,6-7,10-14H2,1-2H3,(H2,23,24,25). The number of likely N-dealkylation sites (N-methyl/N-ethyl adjacent to an activating group) is 1. The molecule has 2 aliphatic heterocycles. The zero-order chi connectivity index (χ0) is 19.9. The third-order valence-corrected chi connectivity index (χ3v) is 5.43. The number of alkyl halides is 2. The van der Waals surface area contributed by atoms with Gasteiger partial charge in [0, 0.05) is 31.7 Å². The second kappa shape index (κ2) is 9.91. The lowest BCUT2D eigenvalue weighted by atomic mass is 10.2. The third kappa shape index (κ3) is 5.47. The number of para-hydroxylation sites is 2. The van der Waals surface area contributed by atoms with E-state index in [-0.39, 0.29) is 11.8 Å². The number of aliphatic imine (C=N–C) groups is 1. The fourth-order valence-electron chi connectivity index (χ4n) is 3.93. The molecule has 1 aromatic rings. The molecule has 2 fully saturated rings. The molecule has 6 nitrogen and oxygen atoms in total. The van der Waals surface area contributed by atoms with Gasteiger partial charge in [-0.15, -0.1) is 0 Å². The van der Waals surface area contributed by atoms with Crippen LogP contribution in [0.2, 0.25) is 0 Å². The van der Waals surface area contributed by atoms with E-state index in [9.17, 15) is 8.78 Å². The molecule has 2 saturated heterocycles. The molecule has 2 heterocycles. The third-order valence-electron chi connectivity index (χ3n) is 5.43. The van der Waals surface area contributed by atoms with Crippen LogP contribution in [0, 0.1) is 0 Å². The van der Waals surface area contributed by atoms with Crippen molar-refractivity contribution < 1.29 is 13.5 Å². The summed E-state index contributed by atoms with van der Waals surface area (Å²) in [5.41, 5.74) is 0.710. The molecule has 0 saturated carbocycles. The number of rotatable bonds is 7. The molecule has 0 aliphatic carbocycles. The van der Waals surface area contributed by atoms with E-state index in [0.29, 0.717) is 11.7 Å². The van der Waals surface area contributed by atoms with E-state index in [1.807, 2.05) is 12.1 Å². The minimum Gasteiger partial charge on any atom is -0.433 e. The van der Waals surface area contributed by atoms with Crippen LogP contribution >= 0.6 is 0 Å². The summed E-state index contributed by atoms with van der Waals surface area (Å²) in [4.78, 5) is 9.23. The Morgan fingerprint density at radius 2 is 2.11 bits per heavy atom. The summed E-state index contributed by atoms with van der Waals surface area (Å²) in [5, 5.41) is 6.82. The average molecular weight is 395 g/mol. The summed E-state index contributed by atoms with van der Waals surface area (Å²) in [6.45, 7) is 3.46. The molecule has 0 bridgehead atoms. The van der Waals surface area contributed by atoms with Crippen molar-refractivity contribution in [2.45, 2.75) is 44.9 Å². The van der Waals surface area contributed by atoms with Gasteiger partial charge in [0.15, 0.2) is 5.96 Å². The monoisotopic (exact) mass is 395 g/mol. The molecule has 2 atom stereocenters. The number of ether oxygens (including phenoxy) is 1. The van der Waals surface area contributed by atoms with Crippen LogP contribution in [0.5, 0.6) is 5.75 Å². The Morgan fingerprint density at radius 1 is 1.29 bits per heavy atom. The fraction of sp³-hybridized carbons (Fsp3) is 0.650. The number of hydrogen-bond donors (Lipinski definition) is 2. The van der Waals surface area contributed by atoms with Gasteiger partial charge in [-0.2, -0.15) is 8.78 Å². The number of hydrogen-bond acceptors (Lipinski definition) is 4. The fourth-order valence-corrected chi connectivity index (χ4v) is 3.93. The molecular formula is C20H31F2N5O. The van der Waals surface area contributed by atoms with E-state index in [1.54, 1.807) is 12.1 Å². The predicted molar refractivity (Wildman–Crippen MR) is 108 cm³/mol. The van der Waals surface area contributed by atoms with Gasteiger partial charge < -0.3 is 25.2 Å². The number of nitrogens with zero attached hydrogens (tertiary/aromatic N) is 3. The molecule has 0 amide bonds. The van der Waals surface area contributed by atoms with Crippen molar-refractivity contribution in [2.24, 2.45) is 4.99 Å². The lowest BCUT2D eigenvalue weighted by Gasteiger charge is -2.23. The molecule has 2 N–H and O–H groups in total. The number of likely N-dealkylation sites (tertiary alicyclic amines) is 1. The Labute approximate surface area is 165 Å². The van der Waals surface area contributed by atoms with Crippen molar-refractivity contribution in [2.75, 3.05) is 44.7 Å². The second-order valence-corrected chi connectivity index (χ2v) is 7.42. The van der Waals surface area contributed by atoms with E-state index in [1.165, 1.54) is 12.8 Å². The molecule has 3 rings (SSSR count). The second-order valence-electron chi connectivity index (χ2n) is 7.42. The molecule has 0 spiro atoms. The number of anilines is 1. The van der Waals surface area contributed by atoms with Crippen molar-refractivity contribution in [3.63, 3.8) is 0 Å². The van der Waals surface area contributed by atoms with Crippen LogP contribution in [0.25, 0.3) is 0 Å². The van der Waals surface area contributed by atoms with Crippen LogP contribution in [-0.4, -0.2) is 69.3 Å². The maximum Gasteiger partial charge on any atom is 0.387 e. The van der Waals surface area contributed by atoms with Crippen LogP contribution in [0.3, 0.4) is 0 Å². The highest BCUT2D eigenvalue weighted by atomic mass is 19.3. The van der Waals surface area contributed by atoms with Crippen molar-refractivity contribution in [3.8, 4) is 5.75 Å². The summed E-state index contributed by atoms with van der Waals surface area (Å²) in [6, 6.07) is 7.69. The Kier molecular flexibility index (Phi) is 7.30. The van der Waals surface area contributed by atoms with Crippen LogP contribution < -0.4 is 20.3 Å². The molecule has 8 heteroatoms. The Bertz CT molecular complexity index is 657. The summed E-state index contributed by atoms with van der Waals surface area (Å²) in [6.07, 6.45) is 3.34. The zero-order valence-corrected chi connectivity index (χ0v) is 16.7. The molecular weight excluding hydrogens is 364 g/mol. The van der Waals surface area contributed by atoms with E-state index < -0.39 is 6.61 Å². The number of benzene rings is 1. The topological polar surface area (TPSA) is 52.1 Å². The normalized spacial score (nSPS) is 23.5. The minimum atomic E-state index is -2.82.